The first-order valence-corrected chi connectivity index (χ1v) is 12.6. The first-order valence-electron chi connectivity index (χ1n) is 12.6. The molecule has 0 bridgehead atoms. The van der Waals surface area contributed by atoms with E-state index in [0.717, 1.165) is 5.56 Å². The lowest BCUT2D eigenvalue weighted by Crippen LogP contribution is -2.43. The third-order valence-corrected chi connectivity index (χ3v) is 6.27. The summed E-state index contributed by atoms with van der Waals surface area (Å²) in [5.74, 6) is -0.333. The molecule has 3 aromatic rings. The van der Waals surface area contributed by atoms with Crippen molar-refractivity contribution >= 4 is 17.6 Å². The Morgan fingerprint density at radius 1 is 1.16 bits per heavy atom. The first-order chi connectivity index (χ1) is 18.3. The third kappa shape index (κ3) is 7.60. The minimum atomic E-state index is -0.347. The number of aromatic nitrogens is 1. The lowest BCUT2D eigenvalue weighted by atomic mass is 10.0. The summed E-state index contributed by atoms with van der Waals surface area (Å²) in [6, 6.07) is 18.8. The quantitative estimate of drug-likeness (QED) is 0.337. The molecule has 4 N–H and O–H groups in total. The molecule has 2 amide bonds. The Hall–Kier alpha value is -4.29. The lowest BCUT2D eigenvalue weighted by Gasteiger charge is -2.25. The van der Waals surface area contributed by atoms with E-state index in [-0.39, 0.29) is 30.2 Å². The van der Waals surface area contributed by atoms with Crippen molar-refractivity contribution in [1.29, 1.82) is 5.26 Å². The summed E-state index contributed by atoms with van der Waals surface area (Å²) >= 11 is 0. The van der Waals surface area contributed by atoms with Crippen molar-refractivity contribution in [1.82, 2.24) is 15.2 Å². The maximum Gasteiger partial charge on any atom is 0.255 e. The summed E-state index contributed by atoms with van der Waals surface area (Å²) in [6.07, 6.45) is 1.49. The number of carbonyl (C=O) groups is 2. The van der Waals surface area contributed by atoms with Crippen LogP contribution in [0.4, 0.5) is 10.2 Å². The van der Waals surface area contributed by atoms with Gasteiger partial charge in [-0.3, -0.25) is 9.59 Å². The van der Waals surface area contributed by atoms with E-state index in [4.69, 9.17) is 5.73 Å². The fourth-order valence-corrected chi connectivity index (χ4v) is 3.90. The van der Waals surface area contributed by atoms with Crippen molar-refractivity contribution < 1.29 is 14.0 Å². The van der Waals surface area contributed by atoms with Gasteiger partial charge < -0.3 is 21.3 Å². The van der Waals surface area contributed by atoms with E-state index in [1.54, 1.807) is 48.3 Å². The standard InChI is InChI=1S/C29H33FN6O2/c1-20(36(2)27(37)11-6-15-31)19-34-29(38)25-12-13-26(24-10-4-3-8-22(24)18-32)35-28(25)33-16-14-21-7-5-9-23(30)17-21/h3-5,7-10,12-13,17,20H,6,11,14-16,19,31H2,1-2H3,(H,33,35)(H,34,38)/t20-/m1/s1. The second-order valence-corrected chi connectivity index (χ2v) is 9.01. The van der Waals surface area contributed by atoms with Crippen LogP contribution in [0.3, 0.4) is 0 Å². The molecular formula is C29H33FN6O2. The van der Waals surface area contributed by atoms with Gasteiger partial charge >= 0.3 is 0 Å². The number of nitrogens with zero attached hydrogens (tertiary/aromatic N) is 3. The minimum absolute atomic E-state index is 0.0286. The van der Waals surface area contributed by atoms with Gasteiger partial charge in [-0.1, -0.05) is 30.3 Å². The molecule has 0 fully saturated rings. The van der Waals surface area contributed by atoms with Gasteiger partial charge in [-0.2, -0.15) is 5.26 Å². The summed E-state index contributed by atoms with van der Waals surface area (Å²) in [6.45, 7) is 2.97. The molecule has 0 aliphatic heterocycles. The zero-order valence-electron chi connectivity index (χ0n) is 21.7. The average Bonchev–Trinajstić information content (AvgIpc) is 2.93. The van der Waals surface area contributed by atoms with Crippen LogP contribution in [-0.4, -0.2) is 54.4 Å². The zero-order chi connectivity index (χ0) is 27.5. The molecule has 0 unspecified atom stereocenters. The van der Waals surface area contributed by atoms with E-state index < -0.39 is 0 Å². The number of hydrogen-bond donors (Lipinski definition) is 3. The third-order valence-electron chi connectivity index (χ3n) is 6.27. The SMILES string of the molecule is C[C@H](CNC(=O)c1ccc(-c2ccccc2C#N)nc1NCCc1cccc(F)c1)N(C)C(=O)CCCN. The molecule has 0 saturated heterocycles. The summed E-state index contributed by atoms with van der Waals surface area (Å²) in [5, 5.41) is 15.6. The number of halogens is 1. The van der Waals surface area contributed by atoms with Gasteiger partial charge in [-0.05, 0) is 62.2 Å². The summed E-state index contributed by atoms with van der Waals surface area (Å²) in [4.78, 5) is 31.7. The number of rotatable bonds is 12. The van der Waals surface area contributed by atoms with Gasteiger partial charge in [0.15, 0.2) is 0 Å². The number of nitriles is 1. The van der Waals surface area contributed by atoms with Crippen molar-refractivity contribution in [2.75, 3.05) is 32.0 Å². The zero-order valence-corrected chi connectivity index (χ0v) is 21.7. The Morgan fingerprint density at radius 2 is 1.95 bits per heavy atom. The number of pyridine rings is 1. The fraction of sp³-hybridized carbons (Fsp3) is 0.310. The van der Waals surface area contributed by atoms with Crippen LogP contribution in [0.2, 0.25) is 0 Å². The van der Waals surface area contributed by atoms with Gasteiger partial charge in [-0.25, -0.2) is 9.37 Å². The molecule has 198 valence electrons. The molecule has 38 heavy (non-hydrogen) atoms. The van der Waals surface area contributed by atoms with Gasteiger partial charge in [0.05, 0.1) is 22.9 Å². The number of carbonyl (C=O) groups excluding carboxylic acids is 2. The van der Waals surface area contributed by atoms with Crippen LogP contribution in [0.15, 0.2) is 60.7 Å². The molecule has 0 saturated carbocycles. The number of anilines is 1. The molecule has 0 spiro atoms. The van der Waals surface area contributed by atoms with Crippen molar-refractivity contribution in [2.24, 2.45) is 5.73 Å². The van der Waals surface area contributed by atoms with Gasteiger partial charge in [0, 0.05) is 38.2 Å². The molecule has 1 aromatic heterocycles. The van der Waals surface area contributed by atoms with Crippen LogP contribution in [0.5, 0.6) is 0 Å². The van der Waals surface area contributed by atoms with E-state index in [9.17, 15) is 19.2 Å². The Bertz CT molecular complexity index is 1310. The number of likely N-dealkylation sites (N-methyl/N-ethyl adjacent to an activating group) is 1. The van der Waals surface area contributed by atoms with Crippen LogP contribution < -0.4 is 16.4 Å². The number of hydrogen-bond acceptors (Lipinski definition) is 6. The van der Waals surface area contributed by atoms with Crippen LogP contribution in [0.1, 0.15) is 41.3 Å². The number of nitrogens with two attached hydrogens (primary N) is 1. The van der Waals surface area contributed by atoms with Crippen LogP contribution in [0.25, 0.3) is 11.3 Å². The summed E-state index contributed by atoms with van der Waals surface area (Å²) < 4.78 is 13.6. The predicted octanol–water partition coefficient (Wildman–Crippen LogP) is 3.73. The van der Waals surface area contributed by atoms with E-state index >= 15 is 0 Å². The molecule has 1 heterocycles. The molecule has 1 atom stereocenters. The monoisotopic (exact) mass is 516 g/mol. The molecule has 9 heteroatoms. The van der Waals surface area contributed by atoms with Crippen molar-refractivity contribution in [2.45, 2.75) is 32.2 Å². The number of nitrogens with one attached hydrogen (secondary N) is 2. The summed E-state index contributed by atoms with van der Waals surface area (Å²) in [5.41, 5.74) is 8.30. The maximum atomic E-state index is 13.6. The van der Waals surface area contributed by atoms with Gasteiger partial charge in [-0.15, -0.1) is 0 Å². The van der Waals surface area contributed by atoms with Gasteiger partial charge in [0.2, 0.25) is 5.91 Å². The second-order valence-electron chi connectivity index (χ2n) is 9.01. The first kappa shape index (κ1) is 28.3. The van der Waals surface area contributed by atoms with E-state index in [1.165, 1.54) is 12.1 Å². The molecule has 0 aliphatic carbocycles. The summed E-state index contributed by atoms with van der Waals surface area (Å²) in [7, 11) is 1.71. The van der Waals surface area contributed by atoms with Crippen molar-refractivity contribution in [3.05, 3.63) is 83.2 Å². The number of benzene rings is 2. The molecule has 0 aliphatic rings. The topological polar surface area (TPSA) is 124 Å². The number of amides is 2. The molecule has 3 rings (SSSR count). The van der Waals surface area contributed by atoms with Crippen LogP contribution in [0, 0.1) is 17.1 Å². The highest BCUT2D eigenvalue weighted by atomic mass is 19.1. The van der Waals surface area contributed by atoms with E-state index in [1.807, 2.05) is 19.1 Å². The molecule has 0 radical (unpaired) electrons. The normalized spacial score (nSPS) is 11.3. The van der Waals surface area contributed by atoms with Gasteiger partial charge in [0.1, 0.15) is 11.6 Å². The fourth-order valence-electron chi connectivity index (χ4n) is 3.90. The van der Waals surface area contributed by atoms with Crippen molar-refractivity contribution in [3.8, 4) is 17.3 Å². The lowest BCUT2D eigenvalue weighted by molar-refractivity contribution is -0.131. The van der Waals surface area contributed by atoms with Crippen LogP contribution >= 0.6 is 0 Å². The largest absolute Gasteiger partial charge is 0.369 e. The highest BCUT2D eigenvalue weighted by Crippen LogP contribution is 2.25. The minimum Gasteiger partial charge on any atom is -0.369 e. The Kier molecular flexibility index (Phi) is 10.3. The molecular weight excluding hydrogens is 483 g/mol. The van der Waals surface area contributed by atoms with E-state index in [2.05, 4.69) is 21.7 Å². The van der Waals surface area contributed by atoms with Crippen molar-refractivity contribution in [3.63, 3.8) is 0 Å². The second kappa shape index (κ2) is 13.9. The maximum absolute atomic E-state index is 13.6. The Labute approximate surface area is 222 Å². The average molecular weight is 517 g/mol. The Balaban J connectivity index is 1.79. The van der Waals surface area contributed by atoms with Crippen LogP contribution in [-0.2, 0) is 11.2 Å². The van der Waals surface area contributed by atoms with E-state index in [0.29, 0.717) is 60.6 Å². The highest BCUT2D eigenvalue weighted by Gasteiger charge is 2.19. The highest BCUT2D eigenvalue weighted by molar-refractivity contribution is 5.99. The smallest absolute Gasteiger partial charge is 0.255 e. The molecule has 8 nitrogen and oxygen atoms in total. The predicted molar refractivity (Wildman–Crippen MR) is 146 cm³/mol. The molecule has 2 aromatic carbocycles. The Morgan fingerprint density at radius 3 is 2.68 bits per heavy atom. The van der Waals surface area contributed by atoms with Gasteiger partial charge in [0.25, 0.3) is 5.91 Å².